The Bertz CT molecular complexity index is 636. The molecule has 3 nitrogen and oxygen atoms in total. The van der Waals surface area contributed by atoms with Gasteiger partial charge in [0.25, 0.3) is 0 Å². The lowest BCUT2D eigenvalue weighted by atomic mass is 9.96. The summed E-state index contributed by atoms with van der Waals surface area (Å²) in [5, 5.41) is 11.4. The average molecular weight is 306 g/mol. The Balaban J connectivity index is 1.60. The van der Waals surface area contributed by atoms with E-state index in [9.17, 15) is 0 Å². The molecule has 0 unspecified atom stereocenters. The predicted octanol–water partition coefficient (Wildman–Crippen LogP) is 4.24. The fourth-order valence-electron chi connectivity index (χ4n) is 3.04. The van der Waals surface area contributed by atoms with Crippen LogP contribution in [-0.2, 0) is 0 Å². The summed E-state index contributed by atoms with van der Waals surface area (Å²) >= 11 is 7.89. The van der Waals surface area contributed by atoms with Gasteiger partial charge in [-0.05, 0) is 37.2 Å². The number of aromatic nitrogens is 2. The van der Waals surface area contributed by atoms with Gasteiger partial charge in [-0.3, -0.25) is 0 Å². The summed E-state index contributed by atoms with van der Waals surface area (Å²) in [5.74, 6) is 0. The van der Waals surface area contributed by atoms with Crippen LogP contribution in [-0.4, -0.2) is 23.3 Å². The van der Waals surface area contributed by atoms with Gasteiger partial charge in [0.1, 0.15) is 0 Å². The van der Waals surface area contributed by atoms with Crippen molar-refractivity contribution in [3.05, 3.63) is 29.3 Å². The lowest BCUT2D eigenvalue weighted by Crippen LogP contribution is -2.36. The van der Waals surface area contributed by atoms with E-state index >= 15 is 0 Å². The van der Waals surface area contributed by atoms with Crippen LogP contribution in [0.25, 0.3) is 10.6 Å². The van der Waals surface area contributed by atoms with Crippen LogP contribution in [0.4, 0.5) is 5.13 Å². The first-order chi connectivity index (χ1) is 9.76. The SMILES string of the molecule is Clc1ccccc1-c1nnc(N2CCCC3(CC3)C2)s1. The molecule has 4 rings (SSSR count). The lowest BCUT2D eigenvalue weighted by molar-refractivity contribution is 0.394. The van der Waals surface area contributed by atoms with Gasteiger partial charge in [0.15, 0.2) is 5.01 Å². The molecule has 1 aliphatic heterocycles. The van der Waals surface area contributed by atoms with Gasteiger partial charge in [-0.15, -0.1) is 10.2 Å². The summed E-state index contributed by atoms with van der Waals surface area (Å²) < 4.78 is 0. The molecule has 1 aromatic heterocycles. The quantitative estimate of drug-likeness (QED) is 0.831. The highest BCUT2D eigenvalue weighted by molar-refractivity contribution is 7.18. The highest BCUT2D eigenvalue weighted by atomic mass is 35.5. The number of rotatable bonds is 2. The second kappa shape index (κ2) is 4.71. The van der Waals surface area contributed by atoms with E-state index < -0.39 is 0 Å². The molecule has 0 radical (unpaired) electrons. The Morgan fingerprint density at radius 1 is 1.15 bits per heavy atom. The van der Waals surface area contributed by atoms with Crippen molar-refractivity contribution in [3.63, 3.8) is 0 Å². The van der Waals surface area contributed by atoms with Gasteiger partial charge in [-0.2, -0.15) is 0 Å². The average Bonchev–Trinajstić information content (AvgIpc) is 3.04. The zero-order valence-electron chi connectivity index (χ0n) is 11.2. The van der Waals surface area contributed by atoms with Crippen LogP contribution in [0, 0.1) is 5.41 Å². The molecule has 2 heterocycles. The highest BCUT2D eigenvalue weighted by Gasteiger charge is 2.45. The van der Waals surface area contributed by atoms with Crippen molar-refractivity contribution in [3.8, 4) is 10.6 Å². The maximum atomic E-state index is 6.23. The largest absolute Gasteiger partial charge is 0.346 e. The third kappa shape index (κ3) is 2.21. The monoisotopic (exact) mass is 305 g/mol. The van der Waals surface area contributed by atoms with Gasteiger partial charge in [-0.25, -0.2) is 0 Å². The first-order valence-corrected chi connectivity index (χ1v) is 8.29. The molecule has 1 saturated carbocycles. The van der Waals surface area contributed by atoms with Crippen LogP contribution >= 0.6 is 22.9 Å². The summed E-state index contributed by atoms with van der Waals surface area (Å²) in [5.41, 5.74) is 1.59. The molecular weight excluding hydrogens is 290 g/mol. The molecule has 0 bridgehead atoms. The van der Waals surface area contributed by atoms with Crippen molar-refractivity contribution in [2.45, 2.75) is 25.7 Å². The Morgan fingerprint density at radius 2 is 2.00 bits per heavy atom. The molecule has 104 valence electrons. The third-order valence-corrected chi connectivity index (χ3v) is 5.75. The standard InChI is InChI=1S/C15H16ClN3S/c16-12-5-2-1-4-11(12)13-17-18-14(20-13)19-9-3-6-15(10-19)7-8-15/h1-2,4-5H,3,6-10H2. The molecule has 0 amide bonds. The van der Waals surface area contributed by atoms with Crippen molar-refractivity contribution < 1.29 is 0 Å². The number of hydrogen-bond acceptors (Lipinski definition) is 4. The first kappa shape index (κ1) is 12.6. The Morgan fingerprint density at radius 3 is 2.80 bits per heavy atom. The van der Waals surface area contributed by atoms with Crippen LogP contribution in [0.2, 0.25) is 5.02 Å². The molecule has 2 aliphatic rings. The third-order valence-electron chi connectivity index (χ3n) is 4.41. The summed E-state index contributed by atoms with van der Waals surface area (Å²) in [7, 11) is 0. The maximum Gasteiger partial charge on any atom is 0.208 e. The summed E-state index contributed by atoms with van der Waals surface area (Å²) in [6.07, 6.45) is 5.44. The second-order valence-electron chi connectivity index (χ2n) is 5.89. The minimum atomic E-state index is 0.606. The van der Waals surface area contributed by atoms with Crippen molar-refractivity contribution >= 4 is 28.1 Å². The van der Waals surface area contributed by atoms with Crippen LogP contribution in [0.3, 0.4) is 0 Å². The summed E-state index contributed by atoms with van der Waals surface area (Å²) in [6, 6.07) is 7.83. The van der Waals surface area contributed by atoms with E-state index in [-0.39, 0.29) is 0 Å². The normalized spacial score (nSPS) is 20.4. The zero-order chi connectivity index (χ0) is 13.6. The van der Waals surface area contributed by atoms with Gasteiger partial charge in [-0.1, -0.05) is 41.1 Å². The molecular formula is C15H16ClN3S. The van der Waals surface area contributed by atoms with Gasteiger partial charge < -0.3 is 4.90 Å². The zero-order valence-corrected chi connectivity index (χ0v) is 12.8. The van der Waals surface area contributed by atoms with Gasteiger partial charge in [0, 0.05) is 18.7 Å². The van der Waals surface area contributed by atoms with E-state index in [1.165, 1.54) is 25.7 Å². The molecule has 1 spiro atoms. The van der Waals surface area contributed by atoms with Gasteiger partial charge in [0.05, 0.1) is 5.02 Å². The number of halogens is 1. The minimum absolute atomic E-state index is 0.606. The summed E-state index contributed by atoms with van der Waals surface area (Å²) in [4.78, 5) is 2.41. The molecule has 20 heavy (non-hydrogen) atoms. The van der Waals surface area contributed by atoms with E-state index in [1.54, 1.807) is 11.3 Å². The Hall–Kier alpha value is -1.13. The molecule has 1 aromatic carbocycles. The van der Waals surface area contributed by atoms with Crippen molar-refractivity contribution in [1.29, 1.82) is 0 Å². The fourth-order valence-corrected chi connectivity index (χ4v) is 4.23. The maximum absolute atomic E-state index is 6.23. The van der Waals surface area contributed by atoms with Crippen molar-refractivity contribution in [2.75, 3.05) is 18.0 Å². The molecule has 1 aliphatic carbocycles. The number of benzene rings is 1. The van der Waals surface area contributed by atoms with Crippen molar-refractivity contribution in [1.82, 2.24) is 10.2 Å². The minimum Gasteiger partial charge on any atom is -0.346 e. The fraction of sp³-hybridized carbons (Fsp3) is 0.467. The van der Waals surface area contributed by atoms with E-state index in [0.717, 1.165) is 33.8 Å². The molecule has 2 aromatic rings. The van der Waals surface area contributed by atoms with Gasteiger partial charge in [0.2, 0.25) is 5.13 Å². The molecule has 1 saturated heterocycles. The van der Waals surface area contributed by atoms with E-state index in [2.05, 4.69) is 15.1 Å². The van der Waals surface area contributed by atoms with Crippen LogP contribution < -0.4 is 4.90 Å². The molecule has 0 N–H and O–H groups in total. The number of piperidine rings is 1. The Labute approximate surface area is 127 Å². The summed E-state index contributed by atoms with van der Waals surface area (Å²) in [6.45, 7) is 2.27. The van der Waals surface area contributed by atoms with Crippen LogP contribution in [0.1, 0.15) is 25.7 Å². The van der Waals surface area contributed by atoms with Crippen LogP contribution in [0.15, 0.2) is 24.3 Å². The second-order valence-corrected chi connectivity index (χ2v) is 7.26. The van der Waals surface area contributed by atoms with Gasteiger partial charge >= 0.3 is 0 Å². The lowest BCUT2D eigenvalue weighted by Gasteiger charge is -2.32. The van der Waals surface area contributed by atoms with E-state index in [4.69, 9.17) is 11.6 Å². The number of nitrogens with zero attached hydrogens (tertiary/aromatic N) is 3. The van der Waals surface area contributed by atoms with Crippen molar-refractivity contribution in [2.24, 2.45) is 5.41 Å². The predicted molar refractivity (Wildman–Crippen MR) is 83.5 cm³/mol. The Kier molecular flexibility index (Phi) is 2.97. The topological polar surface area (TPSA) is 29.0 Å². The molecule has 0 atom stereocenters. The highest BCUT2D eigenvalue weighted by Crippen LogP contribution is 2.52. The number of anilines is 1. The first-order valence-electron chi connectivity index (χ1n) is 7.09. The smallest absolute Gasteiger partial charge is 0.208 e. The molecule has 2 fully saturated rings. The van der Waals surface area contributed by atoms with Crippen LogP contribution in [0.5, 0.6) is 0 Å². The molecule has 5 heteroatoms. The van der Waals surface area contributed by atoms with E-state index in [0.29, 0.717) is 5.41 Å². The van der Waals surface area contributed by atoms with E-state index in [1.807, 2.05) is 24.3 Å². The number of hydrogen-bond donors (Lipinski definition) is 0.